The van der Waals surface area contributed by atoms with Gasteiger partial charge >= 0.3 is 0 Å². The Morgan fingerprint density at radius 1 is 1.06 bits per heavy atom. The first-order chi connectivity index (χ1) is 8.34. The molecule has 1 aromatic carbocycles. The SMILES string of the molecule is CCNC(Cc1ccc(C(C)C)cc1)C(C)(C)C. The molecule has 0 aliphatic carbocycles. The molecule has 0 saturated heterocycles. The van der Waals surface area contributed by atoms with Crippen LogP contribution in [0, 0.1) is 5.41 Å². The van der Waals surface area contributed by atoms with Crippen LogP contribution < -0.4 is 5.32 Å². The Morgan fingerprint density at radius 2 is 1.61 bits per heavy atom. The number of rotatable bonds is 5. The van der Waals surface area contributed by atoms with E-state index in [-0.39, 0.29) is 0 Å². The second kappa shape index (κ2) is 6.38. The summed E-state index contributed by atoms with van der Waals surface area (Å²) in [6, 6.07) is 9.64. The average molecular weight is 247 g/mol. The Bertz CT molecular complexity index is 343. The predicted molar refractivity (Wildman–Crippen MR) is 81.2 cm³/mol. The third-order valence-electron chi connectivity index (χ3n) is 3.58. The summed E-state index contributed by atoms with van der Waals surface area (Å²) in [4.78, 5) is 0. The van der Waals surface area contributed by atoms with Crippen LogP contribution in [0.2, 0.25) is 0 Å². The van der Waals surface area contributed by atoms with E-state index in [1.54, 1.807) is 0 Å². The Balaban J connectivity index is 2.75. The van der Waals surface area contributed by atoms with Crippen molar-refractivity contribution in [2.24, 2.45) is 5.41 Å². The van der Waals surface area contributed by atoms with Crippen molar-refractivity contribution in [1.82, 2.24) is 5.32 Å². The lowest BCUT2D eigenvalue weighted by atomic mass is 9.83. The topological polar surface area (TPSA) is 12.0 Å². The average Bonchev–Trinajstić information content (AvgIpc) is 2.28. The fourth-order valence-electron chi connectivity index (χ4n) is 2.21. The second-order valence-electron chi connectivity index (χ2n) is 6.58. The van der Waals surface area contributed by atoms with Gasteiger partial charge in [-0.3, -0.25) is 0 Å². The lowest BCUT2D eigenvalue weighted by Crippen LogP contribution is -2.41. The Morgan fingerprint density at radius 3 is 2.00 bits per heavy atom. The molecule has 1 N–H and O–H groups in total. The molecule has 1 nitrogen and oxygen atoms in total. The summed E-state index contributed by atoms with van der Waals surface area (Å²) in [6.07, 6.45) is 1.11. The second-order valence-corrected chi connectivity index (χ2v) is 6.58. The monoisotopic (exact) mass is 247 g/mol. The van der Waals surface area contributed by atoms with Crippen LogP contribution in [0.3, 0.4) is 0 Å². The Kier molecular flexibility index (Phi) is 5.40. The van der Waals surface area contributed by atoms with Crippen LogP contribution in [0.4, 0.5) is 0 Å². The molecule has 1 atom stereocenters. The normalized spacial score (nSPS) is 13.9. The summed E-state index contributed by atoms with van der Waals surface area (Å²) < 4.78 is 0. The maximum atomic E-state index is 3.61. The van der Waals surface area contributed by atoms with E-state index in [9.17, 15) is 0 Å². The van der Waals surface area contributed by atoms with Gasteiger partial charge in [-0.15, -0.1) is 0 Å². The van der Waals surface area contributed by atoms with E-state index in [2.05, 4.69) is 71.1 Å². The summed E-state index contributed by atoms with van der Waals surface area (Å²) in [5, 5.41) is 3.61. The molecule has 0 heterocycles. The van der Waals surface area contributed by atoms with Gasteiger partial charge in [0.2, 0.25) is 0 Å². The first kappa shape index (κ1) is 15.2. The van der Waals surface area contributed by atoms with Gasteiger partial charge in [0, 0.05) is 6.04 Å². The summed E-state index contributed by atoms with van der Waals surface area (Å²) >= 11 is 0. The van der Waals surface area contributed by atoms with Crippen LogP contribution >= 0.6 is 0 Å². The highest BCUT2D eigenvalue weighted by atomic mass is 14.9. The first-order valence-corrected chi connectivity index (χ1v) is 7.16. The van der Waals surface area contributed by atoms with Crippen molar-refractivity contribution in [3.8, 4) is 0 Å². The molecular weight excluding hydrogens is 218 g/mol. The minimum Gasteiger partial charge on any atom is -0.313 e. The van der Waals surface area contributed by atoms with Crippen LogP contribution in [0.1, 0.15) is 58.6 Å². The Labute approximate surface area is 113 Å². The molecule has 1 heteroatoms. The molecule has 0 aliphatic heterocycles. The standard InChI is InChI=1S/C17H29N/c1-7-18-16(17(4,5)6)12-14-8-10-15(11-9-14)13(2)3/h8-11,13,16,18H,7,12H2,1-6H3. The highest BCUT2D eigenvalue weighted by Crippen LogP contribution is 2.23. The third kappa shape index (κ3) is 4.45. The van der Waals surface area contributed by atoms with Crippen LogP contribution in [0.25, 0.3) is 0 Å². The minimum atomic E-state index is 0.298. The van der Waals surface area contributed by atoms with Gasteiger partial charge in [-0.25, -0.2) is 0 Å². The largest absolute Gasteiger partial charge is 0.313 e. The van der Waals surface area contributed by atoms with E-state index in [4.69, 9.17) is 0 Å². The Hall–Kier alpha value is -0.820. The van der Waals surface area contributed by atoms with Crippen molar-refractivity contribution < 1.29 is 0 Å². The molecular formula is C17H29N. The van der Waals surface area contributed by atoms with Crippen molar-refractivity contribution in [3.63, 3.8) is 0 Å². The van der Waals surface area contributed by atoms with E-state index < -0.39 is 0 Å². The summed E-state index contributed by atoms with van der Waals surface area (Å²) in [5.41, 5.74) is 3.15. The van der Waals surface area contributed by atoms with Crippen LogP contribution in [-0.2, 0) is 6.42 Å². The van der Waals surface area contributed by atoms with Gasteiger partial charge in [0.1, 0.15) is 0 Å². The zero-order chi connectivity index (χ0) is 13.8. The van der Waals surface area contributed by atoms with E-state index in [1.807, 2.05) is 0 Å². The minimum absolute atomic E-state index is 0.298. The smallest absolute Gasteiger partial charge is 0.0156 e. The number of benzene rings is 1. The number of likely N-dealkylation sites (N-methyl/N-ethyl adjacent to an activating group) is 1. The molecule has 18 heavy (non-hydrogen) atoms. The molecule has 0 amide bonds. The van der Waals surface area contributed by atoms with Crippen LogP contribution in [-0.4, -0.2) is 12.6 Å². The number of hydrogen-bond donors (Lipinski definition) is 1. The van der Waals surface area contributed by atoms with E-state index >= 15 is 0 Å². The van der Waals surface area contributed by atoms with Gasteiger partial charge in [-0.2, -0.15) is 0 Å². The number of nitrogens with one attached hydrogen (secondary N) is 1. The maximum absolute atomic E-state index is 3.61. The molecule has 0 aliphatic rings. The van der Waals surface area contributed by atoms with E-state index in [0.29, 0.717) is 17.4 Å². The van der Waals surface area contributed by atoms with Gasteiger partial charge in [0.25, 0.3) is 0 Å². The van der Waals surface area contributed by atoms with Crippen LogP contribution in [0.5, 0.6) is 0 Å². The summed E-state index contributed by atoms with van der Waals surface area (Å²) in [7, 11) is 0. The zero-order valence-corrected chi connectivity index (χ0v) is 12.9. The van der Waals surface area contributed by atoms with Crippen molar-refractivity contribution >= 4 is 0 Å². The molecule has 0 radical (unpaired) electrons. The molecule has 1 rings (SSSR count). The highest BCUT2D eigenvalue weighted by molar-refractivity contribution is 5.25. The molecule has 1 unspecified atom stereocenters. The first-order valence-electron chi connectivity index (χ1n) is 7.16. The van der Waals surface area contributed by atoms with Gasteiger partial charge < -0.3 is 5.32 Å². The summed E-state index contributed by atoms with van der Waals surface area (Å²) in [6.45, 7) is 14.6. The molecule has 0 bridgehead atoms. The zero-order valence-electron chi connectivity index (χ0n) is 12.9. The van der Waals surface area contributed by atoms with Gasteiger partial charge in [0.15, 0.2) is 0 Å². The predicted octanol–water partition coefficient (Wildman–Crippen LogP) is 4.38. The lowest BCUT2D eigenvalue weighted by molar-refractivity contribution is 0.270. The maximum Gasteiger partial charge on any atom is 0.0156 e. The van der Waals surface area contributed by atoms with Crippen LogP contribution in [0.15, 0.2) is 24.3 Å². The summed E-state index contributed by atoms with van der Waals surface area (Å²) in [5.74, 6) is 0.617. The third-order valence-corrected chi connectivity index (χ3v) is 3.58. The van der Waals surface area contributed by atoms with Gasteiger partial charge in [-0.1, -0.05) is 65.8 Å². The van der Waals surface area contributed by atoms with Crippen molar-refractivity contribution in [2.75, 3.05) is 6.54 Å². The molecule has 1 aromatic rings. The molecule has 0 aromatic heterocycles. The number of hydrogen-bond acceptors (Lipinski definition) is 1. The highest BCUT2D eigenvalue weighted by Gasteiger charge is 2.23. The molecule has 102 valence electrons. The van der Waals surface area contributed by atoms with Crippen molar-refractivity contribution in [1.29, 1.82) is 0 Å². The van der Waals surface area contributed by atoms with Gasteiger partial charge in [0.05, 0.1) is 0 Å². The van der Waals surface area contributed by atoms with E-state index in [0.717, 1.165) is 13.0 Å². The van der Waals surface area contributed by atoms with E-state index in [1.165, 1.54) is 11.1 Å². The fourth-order valence-corrected chi connectivity index (χ4v) is 2.21. The lowest BCUT2D eigenvalue weighted by Gasteiger charge is -2.31. The fraction of sp³-hybridized carbons (Fsp3) is 0.647. The van der Waals surface area contributed by atoms with Crippen molar-refractivity contribution in [3.05, 3.63) is 35.4 Å². The van der Waals surface area contributed by atoms with Crippen molar-refractivity contribution in [2.45, 2.75) is 59.9 Å². The molecule has 0 spiro atoms. The molecule has 0 saturated carbocycles. The quantitative estimate of drug-likeness (QED) is 0.814. The van der Waals surface area contributed by atoms with Gasteiger partial charge in [-0.05, 0) is 35.4 Å². The molecule has 0 fully saturated rings.